The van der Waals surface area contributed by atoms with E-state index in [2.05, 4.69) is 27.2 Å². The van der Waals surface area contributed by atoms with Crippen molar-refractivity contribution in [2.45, 2.75) is 33.4 Å². The van der Waals surface area contributed by atoms with Crippen LogP contribution < -0.4 is 10.1 Å². The second-order valence-electron chi connectivity index (χ2n) is 7.25. The number of benzene rings is 1. The number of piperazine rings is 1. The minimum Gasteiger partial charge on any atom is -0.494 e. The predicted octanol–water partition coefficient (Wildman–Crippen LogP) is 2.21. The fourth-order valence-corrected chi connectivity index (χ4v) is 3.25. The van der Waals surface area contributed by atoms with Crippen LogP contribution in [0.4, 0.5) is 0 Å². The Morgan fingerprint density at radius 2 is 2.00 bits per heavy atom. The number of aromatic nitrogens is 1. The lowest BCUT2D eigenvalue weighted by atomic mass is 10.2. The van der Waals surface area contributed by atoms with E-state index in [4.69, 9.17) is 9.26 Å². The highest BCUT2D eigenvalue weighted by Gasteiger charge is 2.19. The summed E-state index contributed by atoms with van der Waals surface area (Å²) in [7, 11) is 0. The highest BCUT2D eigenvalue weighted by Crippen LogP contribution is 2.13. The molecule has 1 aliphatic rings. The average molecular weight is 386 g/mol. The van der Waals surface area contributed by atoms with Crippen LogP contribution in [0.1, 0.15) is 30.4 Å². The van der Waals surface area contributed by atoms with Crippen molar-refractivity contribution in [3.8, 4) is 5.75 Å². The van der Waals surface area contributed by atoms with Gasteiger partial charge in [-0.25, -0.2) is 0 Å². The van der Waals surface area contributed by atoms with E-state index < -0.39 is 0 Å². The summed E-state index contributed by atoms with van der Waals surface area (Å²) in [6.45, 7) is 10.1. The lowest BCUT2D eigenvalue weighted by Gasteiger charge is -2.33. The molecule has 1 aromatic carbocycles. The Kier molecular flexibility index (Phi) is 7.45. The molecule has 1 fully saturated rings. The molecule has 28 heavy (non-hydrogen) atoms. The van der Waals surface area contributed by atoms with Crippen LogP contribution in [-0.4, -0.2) is 60.2 Å². The molecule has 152 valence electrons. The molecule has 0 spiro atoms. The van der Waals surface area contributed by atoms with Crippen LogP contribution in [0.15, 0.2) is 34.9 Å². The number of aryl methyl sites for hydroxylation is 1. The van der Waals surface area contributed by atoms with Crippen LogP contribution in [0.25, 0.3) is 0 Å². The number of amides is 1. The smallest absolute Gasteiger partial charge is 0.234 e. The topological polar surface area (TPSA) is 70.8 Å². The van der Waals surface area contributed by atoms with Crippen LogP contribution >= 0.6 is 0 Å². The minimum absolute atomic E-state index is 0.0560. The molecule has 1 aromatic heterocycles. The molecule has 1 aliphatic heterocycles. The summed E-state index contributed by atoms with van der Waals surface area (Å²) in [4.78, 5) is 16.8. The van der Waals surface area contributed by atoms with Crippen molar-refractivity contribution in [1.29, 1.82) is 0 Å². The summed E-state index contributed by atoms with van der Waals surface area (Å²) in [5, 5.41) is 7.06. The molecule has 1 saturated heterocycles. The Labute approximate surface area is 166 Å². The number of rotatable bonds is 9. The van der Waals surface area contributed by atoms with Crippen molar-refractivity contribution in [3.63, 3.8) is 0 Å². The van der Waals surface area contributed by atoms with Crippen LogP contribution in [0, 0.1) is 6.92 Å². The second-order valence-corrected chi connectivity index (χ2v) is 7.25. The van der Waals surface area contributed by atoms with E-state index >= 15 is 0 Å². The standard InChI is InChI=1S/C21H30N4O3/c1-3-11-27-20-6-4-5-18(13-20)14-22-21(26)16-25-9-7-24(8-10-25)15-19-12-17(2)28-23-19/h4-6,12-13H,3,7-11,14-16H2,1-2H3,(H,22,26). The van der Waals surface area contributed by atoms with Gasteiger partial charge in [0.1, 0.15) is 11.5 Å². The van der Waals surface area contributed by atoms with Crippen LogP contribution in [0.2, 0.25) is 0 Å². The zero-order valence-corrected chi connectivity index (χ0v) is 16.8. The Balaban J connectivity index is 1.36. The van der Waals surface area contributed by atoms with Crippen molar-refractivity contribution in [1.82, 2.24) is 20.3 Å². The first-order valence-electron chi connectivity index (χ1n) is 9.97. The highest BCUT2D eigenvalue weighted by molar-refractivity contribution is 5.78. The van der Waals surface area contributed by atoms with E-state index in [9.17, 15) is 4.79 Å². The molecule has 0 aliphatic carbocycles. The molecule has 0 bridgehead atoms. The first-order chi connectivity index (χ1) is 13.6. The molecule has 0 saturated carbocycles. The van der Waals surface area contributed by atoms with Gasteiger partial charge in [0.25, 0.3) is 0 Å². The largest absolute Gasteiger partial charge is 0.494 e. The fraction of sp³-hybridized carbons (Fsp3) is 0.524. The van der Waals surface area contributed by atoms with E-state index in [0.29, 0.717) is 19.7 Å². The van der Waals surface area contributed by atoms with Gasteiger partial charge in [0.2, 0.25) is 5.91 Å². The molecule has 0 radical (unpaired) electrons. The third kappa shape index (κ3) is 6.35. The molecule has 7 heteroatoms. The van der Waals surface area contributed by atoms with Gasteiger partial charge in [-0.2, -0.15) is 0 Å². The maximum Gasteiger partial charge on any atom is 0.234 e. The maximum atomic E-state index is 12.3. The van der Waals surface area contributed by atoms with E-state index in [1.807, 2.05) is 37.3 Å². The van der Waals surface area contributed by atoms with E-state index in [-0.39, 0.29) is 5.91 Å². The molecule has 1 N–H and O–H groups in total. The fourth-order valence-electron chi connectivity index (χ4n) is 3.25. The summed E-state index contributed by atoms with van der Waals surface area (Å²) in [6, 6.07) is 9.87. The number of ether oxygens (including phenoxy) is 1. The van der Waals surface area contributed by atoms with E-state index in [1.165, 1.54) is 0 Å². The molecular weight excluding hydrogens is 356 g/mol. The predicted molar refractivity (Wildman–Crippen MR) is 107 cm³/mol. The molecule has 1 amide bonds. The number of hydrogen-bond acceptors (Lipinski definition) is 6. The van der Waals surface area contributed by atoms with Gasteiger partial charge in [-0.1, -0.05) is 24.2 Å². The van der Waals surface area contributed by atoms with Crippen molar-refractivity contribution in [3.05, 3.63) is 47.3 Å². The van der Waals surface area contributed by atoms with Gasteiger partial charge >= 0.3 is 0 Å². The number of hydrogen-bond donors (Lipinski definition) is 1. The van der Waals surface area contributed by atoms with Gasteiger partial charge in [-0.15, -0.1) is 0 Å². The van der Waals surface area contributed by atoms with Gasteiger partial charge in [-0.05, 0) is 31.0 Å². The van der Waals surface area contributed by atoms with Crippen molar-refractivity contribution >= 4 is 5.91 Å². The summed E-state index contributed by atoms with van der Waals surface area (Å²) in [5.74, 6) is 1.75. The Bertz CT molecular complexity index is 754. The average Bonchev–Trinajstić information content (AvgIpc) is 3.11. The van der Waals surface area contributed by atoms with Crippen LogP contribution in [0.3, 0.4) is 0 Å². The number of nitrogens with one attached hydrogen (secondary N) is 1. The first kappa shape index (κ1) is 20.4. The normalized spacial score (nSPS) is 15.5. The second kappa shape index (κ2) is 10.2. The third-order valence-corrected chi connectivity index (χ3v) is 4.76. The minimum atomic E-state index is 0.0560. The number of carbonyl (C=O) groups excluding carboxylic acids is 1. The Morgan fingerprint density at radius 1 is 1.21 bits per heavy atom. The molecular formula is C21H30N4O3. The van der Waals surface area contributed by atoms with Gasteiger partial charge in [0.05, 0.1) is 18.8 Å². The lowest BCUT2D eigenvalue weighted by Crippen LogP contribution is -2.49. The van der Waals surface area contributed by atoms with Crippen molar-refractivity contribution in [2.75, 3.05) is 39.3 Å². The summed E-state index contributed by atoms with van der Waals surface area (Å²) in [5.41, 5.74) is 2.02. The SMILES string of the molecule is CCCOc1cccc(CNC(=O)CN2CCN(Cc3cc(C)on3)CC2)c1. The van der Waals surface area contributed by atoms with Crippen LogP contribution in [-0.2, 0) is 17.9 Å². The number of carbonyl (C=O) groups is 1. The Hall–Kier alpha value is -2.38. The lowest BCUT2D eigenvalue weighted by molar-refractivity contribution is -0.122. The third-order valence-electron chi connectivity index (χ3n) is 4.76. The monoisotopic (exact) mass is 386 g/mol. The summed E-state index contributed by atoms with van der Waals surface area (Å²) in [6.07, 6.45) is 0.979. The Morgan fingerprint density at radius 3 is 2.71 bits per heavy atom. The van der Waals surface area contributed by atoms with Crippen molar-refractivity contribution < 1.29 is 14.1 Å². The van der Waals surface area contributed by atoms with E-state index in [0.717, 1.165) is 61.9 Å². The molecule has 2 heterocycles. The van der Waals surface area contributed by atoms with Crippen LogP contribution in [0.5, 0.6) is 5.75 Å². The van der Waals surface area contributed by atoms with Gasteiger partial charge in [0, 0.05) is 45.3 Å². The molecule has 0 unspecified atom stereocenters. The summed E-state index contributed by atoms with van der Waals surface area (Å²) < 4.78 is 10.8. The first-order valence-corrected chi connectivity index (χ1v) is 9.97. The number of nitrogens with zero attached hydrogens (tertiary/aromatic N) is 3. The van der Waals surface area contributed by atoms with Crippen molar-refractivity contribution in [2.24, 2.45) is 0 Å². The maximum absolute atomic E-state index is 12.3. The van der Waals surface area contributed by atoms with Gasteiger partial charge in [0.15, 0.2) is 0 Å². The van der Waals surface area contributed by atoms with Gasteiger partial charge < -0.3 is 14.6 Å². The molecule has 0 atom stereocenters. The molecule has 3 rings (SSSR count). The zero-order chi connectivity index (χ0) is 19.8. The summed E-state index contributed by atoms with van der Waals surface area (Å²) >= 11 is 0. The zero-order valence-electron chi connectivity index (χ0n) is 16.8. The van der Waals surface area contributed by atoms with Gasteiger partial charge in [-0.3, -0.25) is 14.6 Å². The molecule has 7 nitrogen and oxygen atoms in total. The molecule has 2 aromatic rings. The highest BCUT2D eigenvalue weighted by atomic mass is 16.5. The van der Waals surface area contributed by atoms with E-state index in [1.54, 1.807) is 0 Å². The quantitative estimate of drug-likeness (QED) is 0.713.